The molecule has 2 aromatic rings. The van der Waals surface area contributed by atoms with Crippen LogP contribution in [0.3, 0.4) is 0 Å². The molecule has 0 aliphatic carbocycles. The maximum absolute atomic E-state index is 13.5. The van der Waals surface area contributed by atoms with Gasteiger partial charge in [0.25, 0.3) is 0 Å². The van der Waals surface area contributed by atoms with Gasteiger partial charge in [0, 0.05) is 19.7 Å². The van der Waals surface area contributed by atoms with E-state index in [2.05, 4.69) is 0 Å². The molecule has 0 spiro atoms. The van der Waals surface area contributed by atoms with Gasteiger partial charge in [-0.2, -0.15) is 31.2 Å². The normalized spacial score (nSPS) is 13.0. The summed E-state index contributed by atoms with van der Waals surface area (Å²) in [6.07, 6.45) is -4.05. The summed E-state index contributed by atoms with van der Waals surface area (Å²) in [5, 5.41) is 9.69. The highest BCUT2D eigenvalue weighted by Crippen LogP contribution is 2.38. The minimum atomic E-state index is -4.78. The number of benzene rings is 2. The lowest BCUT2D eigenvalue weighted by atomic mass is 9.97. The van der Waals surface area contributed by atoms with Crippen molar-refractivity contribution in [3.63, 3.8) is 0 Å². The topological polar surface area (TPSA) is 70.4 Å². The first-order valence-corrected chi connectivity index (χ1v) is 9.90. The van der Waals surface area contributed by atoms with Gasteiger partial charge in [-0.05, 0) is 23.6 Å². The van der Waals surface area contributed by atoms with Crippen LogP contribution < -0.4 is 0 Å². The molecule has 0 amide bonds. The number of rotatable bonds is 6. The minimum absolute atomic E-state index is 0.241. The van der Waals surface area contributed by atoms with Crippen molar-refractivity contribution in [2.45, 2.75) is 19.5 Å². The van der Waals surface area contributed by atoms with Crippen LogP contribution in [-0.2, 0) is 27.1 Å². The van der Waals surface area contributed by atoms with Gasteiger partial charge in [-0.15, -0.1) is 0 Å². The van der Waals surface area contributed by atoms with E-state index in [1.807, 2.05) is 6.92 Å². The third-order valence-corrected chi connectivity index (χ3v) is 5.37. The van der Waals surface area contributed by atoms with Crippen LogP contribution in [0.25, 0.3) is 11.3 Å². The second kappa shape index (κ2) is 8.68. The molecule has 0 N–H and O–H groups in total. The van der Waals surface area contributed by atoms with Crippen LogP contribution in [0.2, 0.25) is 0 Å². The van der Waals surface area contributed by atoms with Gasteiger partial charge in [0.2, 0.25) is 0 Å². The summed E-state index contributed by atoms with van der Waals surface area (Å²) in [4.78, 5) is 0. The van der Waals surface area contributed by atoms with E-state index in [0.717, 1.165) is 24.1 Å². The van der Waals surface area contributed by atoms with Gasteiger partial charge in [0.1, 0.15) is 11.6 Å². The maximum atomic E-state index is 13.5. The quantitative estimate of drug-likeness (QED) is 0.389. The third kappa shape index (κ3) is 5.16. The Balaban J connectivity index is 2.84. The molecule has 0 saturated carbocycles. The van der Waals surface area contributed by atoms with Crippen molar-refractivity contribution < 1.29 is 25.8 Å². The first kappa shape index (κ1) is 22.5. The highest BCUT2D eigenvalue weighted by Gasteiger charge is 2.36. The molecule has 2 rings (SSSR count). The summed E-state index contributed by atoms with van der Waals surface area (Å²) in [6.45, 7) is 1.92. The lowest BCUT2D eigenvalue weighted by Gasteiger charge is -2.19. The Kier molecular flexibility index (Phi) is 6.72. The molecule has 5 nitrogen and oxygen atoms in total. The van der Waals surface area contributed by atoms with Crippen LogP contribution in [0.15, 0.2) is 48.5 Å². The van der Waals surface area contributed by atoms with Crippen molar-refractivity contribution >= 4 is 21.6 Å². The summed E-state index contributed by atoms with van der Waals surface area (Å²) >= 11 is 0. The molecule has 0 heterocycles. The lowest BCUT2D eigenvalue weighted by Crippen LogP contribution is -2.25. The first-order valence-electron chi connectivity index (χ1n) is 8.53. The average Bonchev–Trinajstić information content (AvgIpc) is 2.67. The highest BCUT2D eigenvalue weighted by molar-refractivity contribution is 7.84. The highest BCUT2D eigenvalue weighted by atomic mass is 32.2. The molecule has 2 aromatic carbocycles. The van der Waals surface area contributed by atoms with E-state index < -0.39 is 33.4 Å². The fraction of sp³-hybridized carbons (Fsp3) is 0.250. The van der Waals surface area contributed by atoms with Crippen LogP contribution in [0.5, 0.6) is 0 Å². The summed E-state index contributed by atoms with van der Waals surface area (Å²) in [6, 6.07) is 12.7. The van der Waals surface area contributed by atoms with Crippen LogP contribution in [0.1, 0.15) is 29.2 Å². The number of halogens is 3. The van der Waals surface area contributed by atoms with Gasteiger partial charge in [0.15, 0.2) is 5.76 Å². The second-order valence-electron chi connectivity index (χ2n) is 6.23. The second-order valence-corrected chi connectivity index (χ2v) is 7.99. The summed E-state index contributed by atoms with van der Waals surface area (Å²) in [5.74, 6) is -0.682. The average molecular weight is 424 g/mol. The van der Waals surface area contributed by atoms with Crippen molar-refractivity contribution in [1.29, 1.82) is 5.26 Å². The smallest absolute Gasteiger partial charge is 0.369 e. The molecule has 0 fully saturated rings. The molecular weight excluding hydrogens is 405 g/mol. The Labute approximate surface area is 167 Å². The van der Waals surface area contributed by atoms with Gasteiger partial charge >= 0.3 is 16.5 Å². The van der Waals surface area contributed by atoms with Gasteiger partial charge in [0.05, 0.1) is 5.56 Å². The van der Waals surface area contributed by atoms with Gasteiger partial charge in [-0.1, -0.05) is 49.4 Å². The van der Waals surface area contributed by atoms with Crippen LogP contribution in [0, 0.1) is 11.3 Å². The molecule has 154 valence electrons. The molecule has 0 radical (unpaired) electrons. The largest absolute Gasteiger partial charge is 0.417 e. The van der Waals surface area contributed by atoms with E-state index in [1.54, 1.807) is 30.3 Å². The van der Waals surface area contributed by atoms with Crippen molar-refractivity contribution in [3.8, 4) is 6.07 Å². The SMILES string of the molecule is CCc1ccc(C(C#N)=C(OS(=O)(=O)N(C)C)c2ccccc2C(F)(F)F)cc1. The van der Waals surface area contributed by atoms with Crippen molar-refractivity contribution in [1.82, 2.24) is 4.31 Å². The van der Waals surface area contributed by atoms with Gasteiger partial charge < -0.3 is 4.18 Å². The number of alkyl halides is 3. The standard InChI is InChI=1S/C20H19F3N2O3S/c1-4-14-9-11-15(12-10-14)17(13-24)19(28-29(26,27)25(2)3)16-7-5-6-8-18(16)20(21,22)23/h5-12H,4H2,1-3H3. The zero-order chi connectivity index (χ0) is 21.8. The predicted molar refractivity (Wildman–Crippen MR) is 103 cm³/mol. The number of aryl methyl sites for hydroxylation is 1. The van der Waals surface area contributed by atoms with Crippen LogP contribution in [0.4, 0.5) is 13.2 Å². The van der Waals surface area contributed by atoms with E-state index in [0.29, 0.717) is 4.31 Å². The summed E-state index contributed by atoms with van der Waals surface area (Å²) in [7, 11) is -2.08. The Morgan fingerprint density at radius 3 is 2.17 bits per heavy atom. The van der Waals surface area contributed by atoms with Crippen molar-refractivity contribution in [2.75, 3.05) is 14.1 Å². The van der Waals surface area contributed by atoms with E-state index in [1.165, 1.54) is 26.2 Å². The summed E-state index contributed by atoms with van der Waals surface area (Å²) < 4.78 is 71.0. The van der Waals surface area contributed by atoms with E-state index in [4.69, 9.17) is 4.18 Å². The molecule has 0 atom stereocenters. The fourth-order valence-electron chi connectivity index (χ4n) is 2.48. The zero-order valence-corrected chi connectivity index (χ0v) is 16.8. The Hall–Kier alpha value is -2.83. The van der Waals surface area contributed by atoms with E-state index in [-0.39, 0.29) is 11.1 Å². The minimum Gasteiger partial charge on any atom is -0.369 e. The first-order chi connectivity index (χ1) is 13.5. The van der Waals surface area contributed by atoms with Crippen molar-refractivity contribution in [2.24, 2.45) is 0 Å². The Bertz CT molecular complexity index is 1050. The lowest BCUT2D eigenvalue weighted by molar-refractivity contribution is -0.137. The number of nitriles is 1. The Morgan fingerprint density at radius 1 is 1.10 bits per heavy atom. The molecule has 9 heteroatoms. The molecular formula is C20H19F3N2O3S. The number of nitrogens with zero attached hydrogens (tertiary/aromatic N) is 2. The number of hydrogen-bond acceptors (Lipinski definition) is 4. The van der Waals surface area contributed by atoms with Crippen LogP contribution in [-0.4, -0.2) is 26.8 Å². The fourth-order valence-corrected chi connectivity index (χ4v) is 3.02. The monoisotopic (exact) mass is 424 g/mol. The molecule has 0 aliphatic heterocycles. The predicted octanol–water partition coefficient (Wildman–Crippen LogP) is 4.48. The number of allylic oxidation sites excluding steroid dienone is 1. The molecule has 0 aromatic heterocycles. The van der Waals surface area contributed by atoms with E-state index >= 15 is 0 Å². The summed E-state index contributed by atoms with van der Waals surface area (Å²) in [5.41, 5.74) is -0.783. The Morgan fingerprint density at radius 2 is 1.69 bits per heavy atom. The molecule has 0 saturated heterocycles. The van der Waals surface area contributed by atoms with Gasteiger partial charge in [-0.25, -0.2) is 0 Å². The van der Waals surface area contributed by atoms with Crippen LogP contribution >= 0.6 is 0 Å². The van der Waals surface area contributed by atoms with E-state index in [9.17, 15) is 26.9 Å². The molecule has 0 unspecified atom stereocenters. The third-order valence-electron chi connectivity index (χ3n) is 4.10. The molecule has 0 bridgehead atoms. The van der Waals surface area contributed by atoms with Gasteiger partial charge in [-0.3, -0.25) is 0 Å². The maximum Gasteiger partial charge on any atom is 0.417 e. The van der Waals surface area contributed by atoms with Crippen molar-refractivity contribution in [3.05, 3.63) is 70.8 Å². The molecule has 0 aliphatic rings. The number of hydrogen-bond donors (Lipinski definition) is 0. The zero-order valence-electron chi connectivity index (χ0n) is 16.0. The molecule has 29 heavy (non-hydrogen) atoms.